The molecular formula is C23H23BrFNO2. The van der Waals surface area contributed by atoms with Crippen molar-refractivity contribution in [2.24, 2.45) is 0 Å². The molecule has 5 heteroatoms. The Kier molecular flexibility index (Phi) is 6.93. The van der Waals surface area contributed by atoms with E-state index in [2.05, 4.69) is 40.3 Å². The molecule has 3 rings (SSSR count). The lowest BCUT2D eigenvalue weighted by Gasteiger charge is -2.15. The van der Waals surface area contributed by atoms with E-state index in [0.717, 1.165) is 15.7 Å². The fourth-order valence-corrected chi connectivity index (χ4v) is 3.32. The largest absolute Gasteiger partial charge is 0.490 e. The first-order chi connectivity index (χ1) is 13.6. The third kappa shape index (κ3) is 5.26. The number of nitrogens with one attached hydrogen (secondary N) is 1. The highest BCUT2D eigenvalue weighted by Gasteiger charge is 2.09. The third-order valence-electron chi connectivity index (χ3n) is 4.32. The third-order valence-corrected chi connectivity index (χ3v) is 4.81. The molecule has 0 saturated carbocycles. The van der Waals surface area contributed by atoms with Crippen LogP contribution < -0.4 is 14.8 Å². The highest BCUT2D eigenvalue weighted by atomic mass is 79.9. The Hall–Kier alpha value is -2.53. The summed E-state index contributed by atoms with van der Waals surface area (Å²) in [5.41, 5.74) is 3.84. The average molecular weight is 444 g/mol. The van der Waals surface area contributed by atoms with Crippen molar-refractivity contribution < 1.29 is 13.9 Å². The van der Waals surface area contributed by atoms with Gasteiger partial charge in [-0.2, -0.15) is 0 Å². The van der Waals surface area contributed by atoms with Crippen molar-refractivity contribution in [3.63, 3.8) is 0 Å². The molecule has 0 fully saturated rings. The van der Waals surface area contributed by atoms with Gasteiger partial charge < -0.3 is 14.8 Å². The maximum Gasteiger partial charge on any atom is 0.161 e. The Morgan fingerprint density at radius 2 is 1.79 bits per heavy atom. The number of rotatable bonds is 8. The molecule has 3 aromatic carbocycles. The number of ether oxygens (including phenoxy) is 2. The summed E-state index contributed by atoms with van der Waals surface area (Å²) in [6.45, 7) is 5.34. The number of hydrogen-bond donors (Lipinski definition) is 1. The zero-order valence-corrected chi connectivity index (χ0v) is 17.6. The zero-order valence-electron chi connectivity index (χ0n) is 16.0. The summed E-state index contributed by atoms with van der Waals surface area (Å²) in [4.78, 5) is 0. The average Bonchev–Trinajstić information content (AvgIpc) is 2.68. The predicted octanol–water partition coefficient (Wildman–Crippen LogP) is 6.49. The number of anilines is 1. The smallest absolute Gasteiger partial charge is 0.161 e. The molecule has 3 aromatic rings. The van der Waals surface area contributed by atoms with Gasteiger partial charge in [0.05, 0.1) is 6.61 Å². The van der Waals surface area contributed by atoms with E-state index in [1.54, 1.807) is 18.2 Å². The van der Waals surface area contributed by atoms with E-state index < -0.39 is 0 Å². The molecule has 0 saturated heterocycles. The fraction of sp³-hybridized carbons (Fsp3) is 0.217. The summed E-state index contributed by atoms with van der Waals surface area (Å²) in [5.74, 6) is 0.991. The summed E-state index contributed by atoms with van der Waals surface area (Å²) >= 11 is 3.48. The van der Waals surface area contributed by atoms with Gasteiger partial charge in [0.2, 0.25) is 0 Å². The lowest BCUT2D eigenvalue weighted by molar-refractivity contribution is 0.265. The lowest BCUT2D eigenvalue weighted by Crippen LogP contribution is -2.04. The summed E-state index contributed by atoms with van der Waals surface area (Å²) in [6, 6.07) is 18.6. The minimum atomic E-state index is -0.272. The van der Waals surface area contributed by atoms with Crippen LogP contribution in [0, 0.1) is 12.7 Å². The molecule has 0 aliphatic carbocycles. The number of hydrogen-bond acceptors (Lipinski definition) is 3. The summed E-state index contributed by atoms with van der Waals surface area (Å²) < 4.78 is 26.4. The first kappa shape index (κ1) is 20.2. The molecule has 0 atom stereocenters. The van der Waals surface area contributed by atoms with Gasteiger partial charge in [0.15, 0.2) is 11.5 Å². The van der Waals surface area contributed by atoms with Crippen LogP contribution in [0.25, 0.3) is 0 Å². The van der Waals surface area contributed by atoms with Gasteiger partial charge in [-0.15, -0.1) is 0 Å². The fourth-order valence-electron chi connectivity index (χ4n) is 2.84. The SMILES string of the molecule is CCOc1cc(CNc2ccc(Br)cc2C)ccc1OCc1ccccc1F. The molecule has 0 radical (unpaired) electrons. The number of benzene rings is 3. The van der Waals surface area contributed by atoms with Crippen LogP contribution in [0.2, 0.25) is 0 Å². The van der Waals surface area contributed by atoms with Gasteiger partial charge in [0.1, 0.15) is 12.4 Å². The first-order valence-corrected chi connectivity index (χ1v) is 9.98. The number of halogens is 2. The predicted molar refractivity (Wildman–Crippen MR) is 115 cm³/mol. The van der Waals surface area contributed by atoms with Crippen molar-refractivity contribution in [3.8, 4) is 11.5 Å². The van der Waals surface area contributed by atoms with Gasteiger partial charge in [0.25, 0.3) is 0 Å². The second kappa shape index (κ2) is 9.60. The zero-order chi connectivity index (χ0) is 19.9. The molecule has 0 aliphatic heterocycles. The van der Waals surface area contributed by atoms with Crippen LogP contribution >= 0.6 is 15.9 Å². The first-order valence-electron chi connectivity index (χ1n) is 9.18. The second-order valence-corrected chi connectivity index (χ2v) is 7.32. The minimum absolute atomic E-state index is 0.155. The van der Waals surface area contributed by atoms with Crippen molar-refractivity contribution in [3.05, 3.63) is 87.6 Å². The Morgan fingerprint density at radius 3 is 2.54 bits per heavy atom. The van der Waals surface area contributed by atoms with Crippen LogP contribution in [0.3, 0.4) is 0 Å². The van der Waals surface area contributed by atoms with Crippen molar-refractivity contribution in [2.45, 2.75) is 27.0 Å². The number of aryl methyl sites for hydroxylation is 1. The summed E-state index contributed by atoms with van der Waals surface area (Å²) in [5, 5.41) is 3.44. The molecule has 1 N–H and O–H groups in total. The van der Waals surface area contributed by atoms with Crippen LogP contribution in [0.5, 0.6) is 11.5 Å². The lowest BCUT2D eigenvalue weighted by atomic mass is 10.1. The van der Waals surface area contributed by atoms with Crippen LogP contribution in [-0.2, 0) is 13.2 Å². The van der Waals surface area contributed by atoms with Gasteiger partial charge in [-0.1, -0.05) is 40.2 Å². The maximum atomic E-state index is 13.8. The van der Waals surface area contributed by atoms with E-state index in [9.17, 15) is 4.39 Å². The van der Waals surface area contributed by atoms with E-state index in [0.29, 0.717) is 30.2 Å². The summed E-state index contributed by atoms with van der Waals surface area (Å²) in [7, 11) is 0. The van der Waals surface area contributed by atoms with Crippen LogP contribution in [0.4, 0.5) is 10.1 Å². The van der Waals surface area contributed by atoms with Gasteiger partial charge in [0, 0.05) is 22.3 Å². The molecule has 0 unspecified atom stereocenters. The van der Waals surface area contributed by atoms with Crippen LogP contribution in [-0.4, -0.2) is 6.61 Å². The van der Waals surface area contributed by atoms with E-state index in [4.69, 9.17) is 9.47 Å². The van der Waals surface area contributed by atoms with Gasteiger partial charge in [-0.05, 0) is 61.4 Å². The minimum Gasteiger partial charge on any atom is -0.490 e. The van der Waals surface area contributed by atoms with Gasteiger partial charge in [-0.25, -0.2) is 4.39 Å². The van der Waals surface area contributed by atoms with Crippen LogP contribution in [0.15, 0.2) is 65.1 Å². The van der Waals surface area contributed by atoms with E-state index >= 15 is 0 Å². The molecule has 0 spiro atoms. The van der Waals surface area contributed by atoms with Crippen molar-refractivity contribution in [1.29, 1.82) is 0 Å². The monoisotopic (exact) mass is 443 g/mol. The molecule has 0 aromatic heterocycles. The highest BCUT2D eigenvalue weighted by molar-refractivity contribution is 9.10. The molecule has 28 heavy (non-hydrogen) atoms. The molecule has 0 aliphatic rings. The Morgan fingerprint density at radius 1 is 0.964 bits per heavy atom. The van der Waals surface area contributed by atoms with Crippen LogP contribution in [0.1, 0.15) is 23.6 Å². The molecule has 0 amide bonds. The molecule has 146 valence electrons. The standard InChI is InChI=1S/C23H23BrFNO2/c1-3-27-23-13-17(14-26-21-10-9-19(24)12-16(21)2)8-11-22(23)28-15-18-6-4-5-7-20(18)25/h4-13,26H,3,14-15H2,1-2H3. The maximum absolute atomic E-state index is 13.8. The summed E-state index contributed by atoms with van der Waals surface area (Å²) in [6.07, 6.45) is 0. The topological polar surface area (TPSA) is 30.5 Å². The molecule has 3 nitrogen and oxygen atoms in total. The quantitative estimate of drug-likeness (QED) is 0.431. The van der Waals surface area contributed by atoms with Crippen molar-refractivity contribution in [2.75, 3.05) is 11.9 Å². The Bertz CT molecular complexity index is 946. The van der Waals surface area contributed by atoms with Gasteiger partial charge in [-0.3, -0.25) is 0 Å². The molecule has 0 bridgehead atoms. The molecule has 0 heterocycles. The van der Waals surface area contributed by atoms with Crippen molar-refractivity contribution >= 4 is 21.6 Å². The van der Waals surface area contributed by atoms with Gasteiger partial charge >= 0.3 is 0 Å². The van der Waals surface area contributed by atoms with E-state index in [1.165, 1.54) is 11.6 Å². The Balaban J connectivity index is 1.70. The molecular weight excluding hydrogens is 421 g/mol. The van der Waals surface area contributed by atoms with E-state index in [1.807, 2.05) is 31.2 Å². The normalized spacial score (nSPS) is 10.6. The Labute approximate surface area is 173 Å². The highest BCUT2D eigenvalue weighted by Crippen LogP contribution is 2.30. The van der Waals surface area contributed by atoms with Crippen molar-refractivity contribution in [1.82, 2.24) is 0 Å². The second-order valence-electron chi connectivity index (χ2n) is 6.41. The van der Waals surface area contributed by atoms with E-state index in [-0.39, 0.29) is 12.4 Å².